The summed E-state index contributed by atoms with van der Waals surface area (Å²) in [5.41, 5.74) is 1.73. The fourth-order valence-corrected chi connectivity index (χ4v) is 1.61. The molecule has 88 valence electrons. The smallest absolute Gasteiger partial charge is 0.185 e. The lowest BCUT2D eigenvalue weighted by Gasteiger charge is -1.97. The van der Waals surface area contributed by atoms with E-state index in [2.05, 4.69) is 4.98 Å². The summed E-state index contributed by atoms with van der Waals surface area (Å²) in [6.45, 7) is 5.19. The van der Waals surface area contributed by atoms with Crippen molar-refractivity contribution in [3.05, 3.63) is 35.8 Å². The van der Waals surface area contributed by atoms with Crippen LogP contribution in [-0.2, 0) is 0 Å². The van der Waals surface area contributed by atoms with Crippen molar-refractivity contribution in [3.63, 3.8) is 0 Å². The maximum absolute atomic E-state index is 11.8. The molecule has 0 aromatic carbocycles. The van der Waals surface area contributed by atoms with E-state index in [9.17, 15) is 9.59 Å². The molecule has 17 heavy (non-hydrogen) atoms. The largest absolute Gasteiger partial charge is 0.306 e. The molecule has 0 bridgehead atoms. The number of carbonyl (C=O) groups is 2. The number of carbonyl (C=O) groups excluding carboxylic acids is 2. The first-order valence-corrected chi connectivity index (χ1v) is 5.53. The minimum Gasteiger partial charge on any atom is -0.306 e. The zero-order chi connectivity index (χ0) is 12.6. The Morgan fingerprint density at radius 1 is 1.24 bits per heavy atom. The molecule has 0 aliphatic rings. The van der Waals surface area contributed by atoms with Gasteiger partial charge in [0.2, 0.25) is 0 Å². The van der Waals surface area contributed by atoms with Crippen molar-refractivity contribution in [1.82, 2.24) is 9.38 Å². The van der Waals surface area contributed by atoms with Crippen LogP contribution in [0.15, 0.2) is 24.5 Å². The average Bonchev–Trinajstić information content (AvgIpc) is 2.69. The maximum atomic E-state index is 11.8. The Hall–Kier alpha value is -1.97. The van der Waals surface area contributed by atoms with Crippen molar-refractivity contribution in [2.75, 3.05) is 0 Å². The van der Waals surface area contributed by atoms with Gasteiger partial charge in [0.05, 0.1) is 0 Å². The third-order valence-corrected chi connectivity index (χ3v) is 2.63. The molecular weight excluding hydrogens is 216 g/mol. The first kappa shape index (κ1) is 11.5. The first-order chi connectivity index (χ1) is 7.99. The normalized spacial score (nSPS) is 11.1. The molecule has 0 saturated carbocycles. The van der Waals surface area contributed by atoms with E-state index < -0.39 is 0 Å². The van der Waals surface area contributed by atoms with Gasteiger partial charge in [0.1, 0.15) is 11.3 Å². The number of pyridine rings is 1. The highest BCUT2D eigenvalue weighted by Gasteiger charge is 2.14. The molecule has 0 atom stereocenters. The summed E-state index contributed by atoms with van der Waals surface area (Å²) < 4.78 is 1.71. The zero-order valence-corrected chi connectivity index (χ0v) is 10.1. The molecule has 0 unspecified atom stereocenters. The Morgan fingerprint density at radius 2 is 1.94 bits per heavy atom. The van der Waals surface area contributed by atoms with E-state index in [1.807, 2.05) is 13.8 Å². The third kappa shape index (κ3) is 2.11. The molecule has 0 radical (unpaired) electrons. The SMILES string of the molecule is CC(=O)c1ccc2nc(C(=O)C(C)C)cn2c1. The highest BCUT2D eigenvalue weighted by molar-refractivity contribution is 5.96. The van der Waals surface area contributed by atoms with Crippen LogP contribution in [-0.4, -0.2) is 21.0 Å². The Kier molecular flexibility index (Phi) is 2.79. The summed E-state index contributed by atoms with van der Waals surface area (Å²) in [5, 5.41) is 0. The number of hydrogen-bond acceptors (Lipinski definition) is 3. The lowest BCUT2D eigenvalue weighted by molar-refractivity contribution is 0.0934. The second-order valence-corrected chi connectivity index (χ2v) is 4.38. The Balaban J connectivity index is 2.51. The molecule has 4 nitrogen and oxygen atoms in total. The van der Waals surface area contributed by atoms with Gasteiger partial charge in [-0.15, -0.1) is 0 Å². The Labute approximate surface area is 99.3 Å². The Bertz CT molecular complexity index is 596. The van der Waals surface area contributed by atoms with Gasteiger partial charge < -0.3 is 4.40 Å². The Morgan fingerprint density at radius 3 is 2.53 bits per heavy atom. The van der Waals surface area contributed by atoms with Crippen molar-refractivity contribution >= 4 is 17.2 Å². The van der Waals surface area contributed by atoms with Gasteiger partial charge in [0.25, 0.3) is 0 Å². The second-order valence-electron chi connectivity index (χ2n) is 4.38. The van der Waals surface area contributed by atoms with Crippen molar-refractivity contribution in [2.24, 2.45) is 5.92 Å². The molecule has 0 saturated heterocycles. The van der Waals surface area contributed by atoms with E-state index in [0.29, 0.717) is 16.9 Å². The van der Waals surface area contributed by atoms with Crippen molar-refractivity contribution in [3.8, 4) is 0 Å². The number of fused-ring (bicyclic) bond motifs is 1. The van der Waals surface area contributed by atoms with E-state index in [0.717, 1.165) is 0 Å². The quantitative estimate of drug-likeness (QED) is 0.761. The van der Waals surface area contributed by atoms with Crippen LogP contribution in [0, 0.1) is 5.92 Å². The summed E-state index contributed by atoms with van der Waals surface area (Å²) in [6, 6.07) is 3.46. The minimum atomic E-state index is -0.0767. The van der Waals surface area contributed by atoms with Crippen LogP contribution in [0.2, 0.25) is 0 Å². The number of hydrogen-bond donors (Lipinski definition) is 0. The van der Waals surface area contributed by atoms with Crippen molar-refractivity contribution in [1.29, 1.82) is 0 Å². The summed E-state index contributed by atoms with van der Waals surface area (Å²) in [5.74, 6) is -0.0670. The summed E-state index contributed by atoms with van der Waals surface area (Å²) in [6.07, 6.45) is 3.37. The minimum absolute atomic E-state index is 0.00247. The van der Waals surface area contributed by atoms with Gasteiger partial charge in [-0.1, -0.05) is 13.8 Å². The molecular formula is C13H14N2O2. The molecule has 0 N–H and O–H groups in total. The standard InChI is InChI=1S/C13H14N2O2/c1-8(2)13(17)11-7-15-6-10(9(3)16)4-5-12(15)14-11/h4-8H,1-3H3. The third-order valence-electron chi connectivity index (χ3n) is 2.63. The number of Topliss-reactive ketones (excluding diaryl/α,β-unsaturated/α-hetero) is 2. The van der Waals surface area contributed by atoms with Gasteiger partial charge in [-0.05, 0) is 19.1 Å². The monoisotopic (exact) mass is 230 g/mol. The number of ketones is 2. The van der Waals surface area contributed by atoms with Gasteiger partial charge in [0, 0.05) is 23.9 Å². The molecule has 2 aromatic heterocycles. The van der Waals surface area contributed by atoms with Gasteiger partial charge in [-0.25, -0.2) is 4.98 Å². The lowest BCUT2D eigenvalue weighted by atomic mass is 10.1. The molecule has 0 amide bonds. The average molecular weight is 230 g/mol. The molecule has 2 heterocycles. The molecule has 2 rings (SSSR count). The van der Waals surface area contributed by atoms with E-state index >= 15 is 0 Å². The van der Waals surface area contributed by atoms with E-state index in [1.165, 1.54) is 6.92 Å². The number of imidazole rings is 1. The molecule has 0 aliphatic carbocycles. The molecule has 0 spiro atoms. The number of nitrogens with zero attached hydrogens (tertiary/aromatic N) is 2. The van der Waals surface area contributed by atoms with Crippen molar-refractivity contribution in [2.45, 2.75) is 20.8 Å². The molecule has 2 aromatic rings. The van der Waals surface area contributed by atoms with Crippen LogP contribution < -0.4 is 0 Å². The second kappa shape index (κ2) is 4.13. The van der Waals surface area contributed by atoms with E-state index in [4.69, 9.17) is 0 Å². The first-order valence-electron chi connectivity index (χ1n) is 5.53. The number of rotatable bonds is 3. The fourth-order valence-electron chi connectivity index (χ4n) is 1.61. The summed E-state index contributed by atoms with van der Waals surface area (Å²) in [4.78, 5) is 27.3. The van der Waals surface area contributed by atoms with Crippen molar-refractivity contribution < 1.29 is 9.59 Å². The zero-order valence-electron chi connectivity index (χ0n) is 10.1. The summed E-state index contributed by atoms with van der Waals surface area (Å²) >= 11 is 0. The van der Waals surface area contributed by atoms with Crippen LogP contribution in [0.25, 0.3) is 5.65 Å². The van der Waals surface area contributed by atoms with Crippen LogP contribution in [0.5, 0.6) is 0 Å². The lowest BCUT2D eigenvalue weighted by Crippen LogP contribution is -2.07. The molecule has 0 aliphatic heterocycles. The van der Waals surface area contributed by atoms with Gasteiger partial charge in [-0.2, -0.15) is 0 Å². The van der Waals surface area contributed by atoms with E-state index in [1.54, 1.807) is 28.9 Å². The van der Waals surface area contributed by atoms with Crippen LogP contribution in [0.4, 0.5) is 0 Å². The highest BCUT2D eigenvalue weighted by Crippen LogP contribution is 2.11. The highest BCUT2D eigenvalue weighted by atomic mass is 16.1. The van der Waals surface area contributed by atoms with Crippen LogP contribution in [0.1, 0.15) is 41.6 Å². The maximum Gasteiger partial charge on any atom is 0.185 e. The molecule has 4 heteroatoms. The number of aromatic nitrogens is 2. The van der Waals surface area contributed by atoms with Crippen LogP contribution >= 0.6 is 0 Å². The van der Waals surface area contributed by atoms with Gasteiger partial charge in [-0.3, -0.25) is 9.59 Å². The summed E-state index contributed by atoms with van der Waals surface area (Å²) in [7, 11) is 0. The van der Waals surface area contributed by atoms with Gasteiger partial charge in [0.15, 0.2) is 11.6 Å². The fraction of sp³-hybridized carbons (Fsp3) is 0.308. The predicted octanol–water partition coefficient (Wildman–Crippen LogP) is 2.38. The predicted molar refractivity (Wildman–Crippen MR) is 64.4 cm³/mol. The van der Waals surface area contributed by atoms with Crippen LogP contribution in [0.3, 0.4) is 0 Å². The molecule has 0 fully saturated rings. The topological polar surface area (TPSA) is 51.4 Å². The van der Waals surface area contributed by atoms with E-state index in [-0.39, 0.29) is 17.5 Å². The van der Waals surface area contributed by atoms with Gasteiger partial charge >= 0.3 is 0 Å².